The van der Waals surface area contributed by atoms with Crippen molar-refractivity contribution in [3.05, 3.63) is 60.3 Å². The lowest BCUT2D eigenvalue weighted by Crippen LogP contribution is -2.28. The van der Waals surface area contributed by atoms with Gasteiger partial charge >= 0.3 is 0 Å². The van der Waals surface area contributed by atoms with Gasteiger partial charge in [-0.25, -0.2) is 4.68 Å². The molecule has 0 unspecified atom stereocenters. The minimum atomic E-state index is -0.222. The summed E-state index contributed by atoms with van der Waals surface area (Å²) in [6, 6.07) is 16.7. The predicted octanol–water partition coefficient (Wildman–Crippen LogP) is 2.93. The summed E-state index contributed by atoms with van der Waals surface area (Å²) >= 11 is 0. The Kier molecular flexibility index (Phi) is 6.29. The van der Waals surface area contributed by atoms with Crippen LogP contribution in [0.1, 0.15) is 10.5 Å². The Morgan fingerprint density at radius 3 is 2.14 bits per heavy atom. The molecular weight excluding hydrogens is 358 g/mol. The molecule has 0 aliphatic heterocycles. The molecule has 1 N–H and O–H groups in total. The summed E-state index contributed by atoms with van der Waals surface area (Å²) in [7, 11) is 4.82. The van der Waals surface area contributed by atoms with E-state index in [1.54, 1.807) is 32.1 Å². The van der Waals surface area contributed by atoms with E-state index in [9.17, 15) is 4.79 Å². The number of aromatic nitrogens is 2. The van der Waals surface area contributed by atoms with Crippen molar-refractivity contribution in [2.24, 2.45) is 0 Å². The van der Waals surface area contributed by atoms with Gasteiger partial charge in [0.1, 0.15) is 17.2 Å². The average Bonchev–Trinajstić information content (AvgIpc) is 3.19. The third-order valence-electron chi connectivity index (χ3n) is 4.24. The molecule has 0 aliphatic rings. The summed E-state index contributed by atoms with van der Waals surface area (Å²) in [5.74, 6) is 1.27. The SMILES string of the molecule is COCCNC(=O)c1cc(-c2ccc(OC)cc2)nn1-c1ccc(OC)cc1. The van der Waals surface area contributed by atoms with Crippen molar-refractivity contribution in [1.29, 1.82) is 0 Å². The summed E-state index contributed by atoms with van der Waals surface area (Å²) in [6.07, 6.45) is 0. The van der Waals surface area contributed by atoms with E-state index in [1.165, 1.54) is 0 Å². The van der Waals surface area contributed by atoms with Gasteiger partial charge in [0.2, 0.25) is 0 Å². The molecule has 1 aromatic heterocycles. The first-order chi connectivity index (χ1) is 13.7. The second kappa shape index (κ2) is 9.05. The molecule has 1 amide bonds. The van der Waals surface area contributed by atoms with Crippen LogP contribution in [-0.2, 0) is 4.74 Å². The van der Waals surface area contributed by atoms with Gasteiger partial charge in [-0.1, -0.05) is 0 Å². The number of hydrogen-bond acceptors (Lipinski definition) is 5. The quantitative estimate of drug-likeness (QED) is 0.607. The van der Waals surface area contributed by atoms with Crippen LogP contribution >= 0.6 is 0 Å². The van der Waals surface area contributed by atoms with Crippen LogP contribution in [0.5, 0.6) is 11.5 Å². The summed E-state index contributed by atoms with van der Waals surface area (Å²) in [5, 5.41) is 7.50. The van der Waals surface area contributed by atoms with Crippen LogP contribution in [0.4, 0.5) is 0 Å². The van der Waals surface area contributed by atoms with Gasteiger partial charge in [-0.15, -0.1) is 0 Å². The van der Waals surface area contributed by atoms with Crippen molar-refractivity contribution in [3.8, 4) is 28.4 Å². The van der Waals surface area contributed by atoms with Gasteiger partial charge in [0.25, 0.3) is 5.91 Å². The maximum atomic E-state index is 12.7. The summed E-state index contributed by atoms with van der Waals surface area (Å²) in [6.45, 7) is 0.856. The Balaban J connectivity index is 1.98. The molecule has 0 radical (unpaired) electrons. The third-order valence-corrected chi connectivity index (χ3v) is 4.24. The molecule has 0 saturated heterocycles. The molecule has 0 atom stereocenters. The third kappa shape index (κ3) is 4.32. The van der Waals surface area contributed by atoms with E-state index in [0.29, 0.717) is 24.5 Å². The first-order valence-electron chi connectivity index (χ1n) is 8.82. The van der Waals surface area contributed by atoms with E-state index in [-0.39, 0.29) is 5.91 Å². The lowest BCUT2D eigenvalue weighted by Gasteiger charge is -2.09. The Bertz CT molecular complexity index is 918. The predicted molar refractivity (Wildman–Crippen MR) is 106 cm³/mol. The zero-order valence-corrected chi connectivity index (χ0v) is 16.1. The van der Waals surface area contributed by atoms with Crippen LogP contribution < -0.4 is 14.8 Å². The van der Waals surface area contributed by atoms with Crippen LogP contribution in [0, 0.1) is 0 Å². The Morgan fingerprint density at radius 2 is 1.57 bits per heavy atom. The second-order valence-corrected chi connectivity index (χ2v) is 6.00. The van der Waals surface area contributed by atoms with Gasteiger partial charge in [-0.05, 0) is 54.6 Å². The number of methoxy groups -OCH3 is 3. The number of nitrogens with one attached hydrogen (secondary N) is 1. The first-order valence-corrected chi connectivity index (χ1v) is 8.82. The maximum absolute atomic E-state index is 12.7. The highest BCUT2D eigenvalue weighted by molar-refractivity contribution is 5.94. The smallest absolute Gasteiger partial charge is 0.270 e. The van der Waals surface area contributed by atoms with Gasteiger partial charge < -0.3 is 19.5 Å². The lowest BCUT2D eigenvalue weighted by molar-refractivity contribution is 0.0929. The number of carbonyl (C=O) groups is 1. The van der Waals surface area contributed by atoms with Crippen molar-refractivity contribution >= 4 is 5.91 Å². The van der Waals surface area contributed by atoms with E-state index in [1.807, 2.05) is 48.5 Å². The molecule has 0 bridgehead atoms. The molecule has 3 aromatic rings. The molecule has 0 aliphatic carbocycles. The Hall–Kier alpha value is -3.32. The van der Waals surface area contributed by atoms with Crippen molar-refractivity contribution < 1.29 is 19.0 Å². The number of ether oxygens (including phenoxy) is 3. The van der Waals surface area contributed by atoms with Crippen LogP contribution in [-0.4, -0.2) is 50.2 Å². The molecule has 0 fully saturated rings. The lowest BCUT2D eigenvalue weighted by atomic mass is 10.1. The number of benzene rings is 2. The summed E-state index contributed by atoms with van der Waals surface area (Å²) in [4.78, 5) is 12.7. The van der Waals surface area contributed by atoms with Crippen LogP contribution in [0.2, 0.25) is 0 Å². The van der Waals surface area contributed by atoms with E-state index >= 15 is 0 Å². The fourth-order valence-corrected chi connectivity index (χ4v) is 2.72. The largest absolute Gasteiger partial charge is 0.497 e. The van der Waals surface area contributed by atoms with Gasteiger partial charge in [0.05, 0.1) is 32.2 Å². The van der Waals surface area contributed by atoms with Crippen molar-refractivity contribution in [3.63, 3.8) is 0 Å². The molecule has 0 saturated carbocycles. The van der Waals surface area contributed by atoms with Crippen molar-refractivity contribution in [1.82, 2.24) is 15.1 Å². The standard InChI is InChI=1S/C21H23N3O4/c1-26-13-12-22-21(25)20-14-19(15-4-8-17(27-2)9-5-15)23-24(20)16-6-10-18(28-3)11-7-16/h4-11,14H,12-13H2,1-3H3,(H,22,25). The van der Waals surface area contributed by atoms with E-state index < -0.39 is 0 Å². The second-order valence-electron chi connectivity index (χ2n) is 6.00. The zero-order valence-electron chi connectivity index (χ0n) is 16.1. The molecule has 0 spiro atoms. The first kappa shape index (κ1) is 19.4. The molecule has 28 heavy (non-hydrogen) atoms. The minimum Gasteiger partial charge on any atom is -0.497 e. The Morgan fingerprint density at radius 1 is 0.964 bits per heavy atom. The highest BCUT2D eigenvalue weighted by Gasteiger charge is 2.17. The maximum Gasteiger partial charge on any atom is 0.270 e. The summed E-state index contributed by atoms with van der Waals surface area (Å²) in [5.41, 5.74) is 2.78. The van der Waals surface area contributed by atoms with E-state index in [0.717, 1.165) is 22.7 Å². The van der Waals surface area contributed by atoms with Crippen LogP contribution in [0.25, 0.3) is 16.9 Å². The van der Waals surface area contributed by atoms with E-state index in [2.05, 4.69) is 10.4 Å². The average molecular weight is 381 g/mol. The highest BCUT2D eigenvalue weighted by atomic mass is 16.5. The van der Waals surface area contributed by atoms with Crippen molar-refractivity contribution in [2.45, 2.75) is 0 Å². The molecule has 146 valence electrons. The van der Waals surface area contributed by atoms with Crippen LogP contribution in [0.15, 0.2) is 54.6 Å². The highest BCUT2D eigenvalue weighted by Crippen LogP contribution is 2.25. The zero-order chi connectivity index (χ0) is 19.9. The van der Waals surface area contributed by atoms with Crippen molar-refractivity contribution in [2.75, 3.05) is 34.5 Å². The molecule has 3 rings (SSSR count). The summed E-state index contributed by atoms with van der Waals surface area (Å²) < 4.78 is 17.0. The molecule has 7 nitrogen and oxygen atoms in total. The fraction of sp³-hybridized carbons (Fsp3) is 0.238. The fourth-order valence-electron chi connectivity index (χ4n) is 2.72. The topological polar surface area (TPSA) is 74.6 Å². The number of amides is 1. The molecular formula is C21H23N3O4. The number of rotatable bonds is 8. The van der Waals surface area contributed by atoms with Crippen LogP contribution in [0.3, 0.4) is 0 Å². The van der Waals surface area contributed by atoms with E-state index in [4.69, 9.17) is 14.2 Å². The molecule has 2 aromatic carbocycles. The number of nitrogens with zero attached hydrogens (tertiary/aromatic N) is 2. The van der Waals surface area contributed by atoms with Gasteiger partial charge in [-0.2, -0.15) is 5.10 Å². The Labute approximate surface area is 163 Å². The van der Waals surface area contributed by atoms with Gasteiger partial charge in [0, 0.05) is 19.2 Å². The minimum absolute atomic E-state index is 0.222. The van der Waals surface area contributed by atoms with Gasteiger partial charge in [0.15, 0.2) is 0 Å². The number of hydrogen-bond donors (Lipinski definition) is 1. The molecule has 7 heteroatoms. The molecule has 1 heterocycles. The normalized spacial score (nSPS) is 10.5. The number of carbonyl (C=O) groups excluding carboxylic acids is 1. The van der Waals surface area contributed by atoms with Gasteiger partial charge in [-0.3, -0.25) is 4.79 Å². The monoisotopic (exact) mass is 381 g/mol.